The van der Waals surface area contributed by atoms with Crippen LogP contribution in [0.5, 0.6) is 0 Å². The molecule has 1 aliphatic carbocycles. The van der Waals surface area contributed by atoms with E-state index in [4.69, 9.17) is 5.11 Å². The van der Waals surface area contributed by atoms with Crippen LogP contribution in [0.2, 0.25) is 0 Å². The number of carboxylic acid groups (broad SMARTS) is 1. The van der Waals surface area contributed by atoms with Crippen molar-refractivity contribution in [2.45, 2.75) is 52.9 Å². The highest BCUT2D eigenvalue weighted by atomic mass is 32.1. The Labute approximate surface area is 180 Å². The van der Waals surface area contributed by atoms with E-state index in [0.717, 1.165) is 29.7 Å². The van der Waals surface area contributed by atoms with Crippen molar-refractivity contribution >= 4 is 39.8 Å². The monoisotopic (exact) mass is 428 g/mol. The lowest BCUT2D eigenvalue weighted by atomic mass is 9.72. The van der Waals surface area contributed by atoms with E-state index in [-0.39, 0.29) is 24.2 Å². The lowest BCUT2D eigenvalue weighted by molar-refractivity contribution is -0.138. The van der Waals surface area contributed by atoms with Crippen molar-refractivity contribution in [2.75, 3.05) is 10.6 Å². The van der Waals surface area contributed by atoms with Gasteiger partial charge in [0.05, 0.1) is 12.0 Å². The maximum Gasteiger partial charge on any atom is 0.303 e. The minimum absolute atomic E-state index is 0.123. The van der Waals surface area contributed by atoms with Gasteiger partial charge in [-0.2, -0.15) is 0 Å². The van der Waals surface area contributed by atoms with E-state index < -0.39 is 11.9 Å². The fraction of sp³-hybridized carbons (Fsp3) is 0.435. The highest BCUT2D eigenvalue weighted by Crippen LogP contribution is 2.44. The first-order valence-electron chi connectivity index (χ1n) is 10.2. The molecule has 2 amide bonds. The Morgan fingerprint density at radius 2 is 1.80 bits per heavy atom. The van der Waals surface area contributed by atoms with Crippen LogP contribution in [-0.4, -0.2) is 22.9 Å². The number of benzene rings is 1. The number of amides is 2. The molecule has 0 saturated heterocycles. The summed E-state index contributed by atoms with van der Waals surface area (Å²) in [6.45, 7) is 6.69. The molecular formula is C23H28N2O4S. The molecule has 1 aliphatic rings. The minimum Gasteiger partial charge on any atom is -0.481 e. The third kappa shape index (κ3) is 5.27. The number of hydrogen-bond acceptors (Lipinski definition) is 4. The van der Waals surface area contributed by atoms with Crippen LogP contribution in [0.25, 0.3) is 0 Å². The normalized spacial score (nSPS) is 15.9. The molecule has 0 radical (unpaired) electrons. The van der Waals surface area contributed by atoms with Gasteiger partial charge in [-0.1, -0.05) is 39.0 Å². The summed E-state index contributed by atoms with van der Waals surface area (Å²) in [6, 6.07) is 9.21. The van der Waals surface area contributed by atoms with Gasteiger partial charge in [-0.25, -0.2) is 0 Å². The molecule has 0 spiro atoms. The molecule has 1 unspecified atom stereocenters. The predicted molar refractivity (Wildman–Crippen MR) is 119 cm³/mol. The molecule has 7 heteroatoms. The number of anilines is 2. The van der Waals surface area contributed by atoms with E-state index >= 15 is 0 Å². The largest absolute Gasteiger partial charge is 0.481 e. The van der Waals surface area contributed by atoms with Crippen LogP contribution in [0.1, 0.15) is 60.8 Å². The van der Waals surface area contributed by atoms with Crippen LogP contribution in [-0.2, 0) is 22.4 Å². The number of thiophene rings is 1. The highest BCUT2D eigenvalue weighted by molar-refractivity contribution is 7.17. The third-order valence-corrected chi connectivity index (χ3v) is 6.74. The number of carbonyl (C=O) groups is 3. The summed E-state index contributed by atoms with van der Waals surface area (Å²) >= 11 is 1.44. The second-order valence-electron chi connectivity index (χ2n) is 8.78. The Hall–Kier alpha value is -2.67. The summed E-state index contributed by atoms with van der Waals surface area (Å²) < 4.78 is 0. The van der Waals surface area contributed by atoms with E-state index in [2.05, 4.69) is 31.4 Å². The summed E-state index contributed by atoms with van der Waals surface area (Å²) in [7, 11) is 0. The second kappa shape index (κ2) is 9.00. The summed E-state index contributed by atoms with van der Waals surface area (Å²) in [5.41, 5.74) is 2.37. The van der Waals surface area contributed by atoms with E-state index in [1.54, 1.807) is 0 Å². The van der Waals surface area contributed by atoms with Gasteiger partial charge >= 0.3 is 5.97 Å². The zero-order chi connectivity index (χ0) is 21.9. The van der Waals surface area contributed by atoms with Crippen LogP contribution < -0.4 is 10.6 Å². The average Bonchev–Trinajstić information content (AvgIpc) is 3.03. The number of aliphatic carboxylic acids is 1. The van der Waals surface area contributed by atoms with Gasteiger partial charge in [-0.3, -0.25) is 14.4 Å². The Kier molecular flexibility index (Phi) is 6.61. The quantitative estimate of drug-likeness (QED) is 0.606. The van der Waals surface area contributed by atoms with Gasteiger partial charge in [0.1, 0.15) is 5.00 Å². The van der Waals surface area contributed by atoms with Crippen LogP contribution in [0.3, 0.4) is 0 Å². The van der Waals surface area contributed by atoms with Gasteiger partial charge in [0.15, 0.2) is 0 Å². The van der Waals surface area contributed by atoms with Crippen molar-refractivity contribution in [3.05, 3.63) is 46.3 Å². The van der Waals surface area contributed by atoms with Crippen molar-refractivity contribution in [1.82, 2.24) is 0 Å². The number of rotatable bonds is 6. The predicted octanol–water partition coefficient (Wildman–Crippen LogP) is 4.95. The molecule has 160 valence electrons. The number of carbonyl (C=O) groups excluding carboxylic acids is 2. The van der Waals surface area contributed by atoms with Crippen LogP contribution in [0, 0.1) is 11.3 Å². The highest BCUT2D eigenvalue weighted by Gasteiger charge is 2.34. The molecule has 30 heavy (non-hydrogen) atoms. The summed E-state index contributed by atoms with van der Waals surface area (Å²) in [5.74, 6) is -1.16. The molecular weight excluding hydrogens is 400 g/mol. The number of para-hydroxylation sites is 1. The van der Waals surface area contributed by atoms with Crippen LogP contribution in [0.15, 0.2) is 30.3 Å². The van der Waals surface area contributed by atoms with E-state index in [1.165, 1.54) is 11.3 Å². The zero-order valence-electron chi connectivity index (χ0n) is 17.6. The van der Waals surface area contributed by atoms with Crippen molar-refractivity contribution in [1.29, 1.82) is 0 Å². The Morgan fingerprint density at radius 1 is 1.10 bits per heavy atom. The van der Waals surface area contributed by atoms with Gasteiger partial charge in [-0.05, 0) is 48.3 Å². The Balaban J connectivity index is 1.90. The van der Waals surface area contributed by atoms with Crippen molar-refractivity contribution in [3.8, 4) is 0 Å². The maximum absolute atomic E-state index is 13.1. The van der Waals surface area contributed by atoms with E-state index in [9.17, 15) is 14.4 Å². The maximum atomic E-state index is 13.1. The first kappa shape index (κ1) is 22.0. The van der Waals surface area contributed by atoms with Gasteiger partial charge < -0.3 is 15.7 Å². The van der Waals surface area contributed by atoms with Crippen molar-refractivity contribution in [3.63, 3.8) is 0 Å². The molecule has 1 aromatic heterocycles. The molecule has 3 rings (SSSR count). The van der Waals surface area contributed by atoms with Crippen LogP contribution >= 0.6 is 11.3 Å². The first-order valence-corrected chi connectivity index (χ1v) is 11.0. The molecule has 0 bridgehead atoms. The fourth-order valence-electron chi connectivity index (χ4n) is 3.78. The minimum atomic E-state index is -1.02. The lowest BCUT2D eigenvalue weighted by Crippen LogP contribution is -2.27. The van der Waals surface area contributed by atoms with Crippen LogP contribution in [0.4, 0.5) is 10.7 Å². The number of hydrogen-bond donors (Lipinski definition) is 3. The smallest absolute Gasteiger partial charge is 0.303 e. The molecule has 1 aromatic carbocycles. The third-order valence-electron chi connectivity index (χ3n) is 5.57. The zero-order valence-corrected chi connectivity index (χ0v) is 18.4. The van der Waals surface area contributed by atoms with E-state index in [1.807, 2.05) is 30.3 Å². The molecule has 6 nitrogen and oxygen atoms in total. The molecule has 3 N–H and O–H groups in total. The Bertz CT molecular complexity index is 944. The standard InChI is InChI=1S/C23H28N2O4S/c1-23(2,3)14-9-10-16-17(13-14)30-22(25-18(26)11-12-19(27)28)20(16)21(29)24-15-7-5-4-6-8-15/h4-8,14H,9-13H2,1-3H3,(H,24,29)(H,25,26)(H,27,28). The topological polar surface area (TPSA) is 95.5 Å². The van der Waals surface area contributed by atoms with Crippen molar-refractivity contribution in [2.24, 2.45) is 11.3 Å². The number of carboxylic acids is 1. The molecule has 1 atom stereocenters. The average molecular weight is 429 g/mol. The fourth-order valence-corrected chi connectivity index (χ4v) is 5.12. The second-order valence-corrected chi connectivity index (χ2v) is 9.88. The summed E-state index contributed by atoms with van der Waals surface area (Å²) in [4.78, 5) is 37.3. The first-order chi connectivity index (χ1) is 14.1. The SMILES string of the molecule is CC(C)(C)C1CCc2c(sc(NC(=O)CCC(=O)O)c2C(=O)Nc2ccccc2)C1. The van der Waals surface area contributed by atoms with Gasteiger partial charge in [0.2, 0.25) is 5.91 Å². The molecule has 0 fully saturated rings. The summed E-state index contributed by atoms with van der Waals surface area (Å²) in [6.07, 6.45) is 2.29. The summed E-state index contributed by atoms with van der Waals surface area (Å²) in [5, 5.41) is 15.1. The molecule has 0 aliphatic heterocycles. The van der Waals surface area contributed by atoms with Gasteiger partial charge in [0.25, 0.3) is 5.91 Å². The number of nitrogens with one attached hydrogen (secondary N) is 2. The molecule has 2 aromatic rings. The number of fused-ring (bicyclic) bond motifs is 1. The molecule has 0 saturated carbocycles. The van der Waals surface area contributed by atoms with Crippen molar-refractivity contribution < 1.29 is 19.5 Å². The van der Waals surface area contributed by atoms with Gasteiger partial charge in [0, 0.05) is 17.0 Å². The molecule has 1 heterocycles. The lowest BCUT2D eigenvalue weighted by Gasteiger charge is -2.33. The van der Waals surface area contributed by atoms with E-state index in [0.29, 0.717) is 22.2 Å². The van der Waals surface area contributed by atoms with Gasteiger partial charge in [-0.15, -0.1) is 11.3 Å². The Morgan fingerprint density at radius 3 is 2.43 bits per heavy atom.